The Labute approximate surface area is 109 Å². The average Bonchev–Trinajstić information content (AvgIpc) is 3.04. The number of nitrogens with zero attached hydrogens (tertiary/aromatic N) is 3. The fourth-order valence-corrected chi connectivity index (χ4v) is 2.81. The summed E-state index contributed by atoms with van der Waals surface area (Å²) >= 11 is 0. The van der Waals surface area contributed by atoms with Gasteiger partial charge in [-0.05, 0) is 25.3 Å². The number of rotatable bonds is 2. The van der Waals surface area contributed by atoms with E-state index in [0.717, 1.165) is 18.4 Å². The summed E-state index contributed by atoms with van der Waals surface area (Å²) in [5.41, 5.74) is 9.13. The molecule has 2 heterocycles. The van der Waals surface area contributed by atoms with Crippen LogP contribution < -0.4 is 11.2 Å². The van der Waals surface area contributed by atoms with Crippen LogP contribution in [-0.4, -0.2) is 25.6 Å². The number of hydrogen-bond donors (Lipinski definition) is 3. The second kappa shape index (κ2) is 4.51. The van der Waals surface area contributed by atoms with Gasteiger partial charge in [-0.1, -0.05) is 0 Å². The summed E-state index contributed by atoms with van der Waals surface area (Å²) in [7, 11) is 0. The van der Waals surface area contributed by atoms with E-state index < -0.39 is 0 Å². The van der Waals surface area contributed by atoms with E-state index in [0.29, 0.717) is 17.8 Å². The van der Waals surface area contributed by atoms with Gasteiger partial charge in [-0.25, -0.2) is 15.4 Å². The molecule has 1 aliphatic carbocycles. The van der Waals surface area contributed by atoms with Crippen LogP contribution in [0.3, 0.4) is 0 Å². The van der Waals surface area contributed by atoms with Crippen LogP contribution in [0.15, 0.2) is 18.6 Å². The molecule has 0 aromatic carbocycles. The first-order valence-corrected chi connectivity index (χ1v) is 6.21. The Bertz CT molecular complexity index is 624. The number of carbonyl (C=O) groups excluding carboxylic acids is 1. The van der Waals surface area contributed by atoms with Crippen LogP contribution in [0.25, 0.3) is 11.0 Å². The monoisotopic (exact) mass is 261 g/mol. The third-order valence-corrected chi connectivity index (χ3v) is 3.80. The second-order valence-electron chi connectivity index (χ2n) is 4.86. The first kappa shape index (κ1) is 11.9. The van der Waals surface area contributed by atoms with E-state index in [2.05, 4.69) is 9.97 Å². The first-order chi connectivity index (χ1) is 9.20. The van der Waals surface area contributed by atoms with Crippen molar-refractivity contribution in [1.29, 1.82) is 0 Å². The second-order valence-corrected chi connectivity index (χ2v) is 4.86. The lowest BCUT2D eigenvalue weighted by Crippen LogP contribution is -2.26. The van der Waals surface area contributed by atoms with Crippen LogP contribution in [0.4, 0.5) is 5.82 Å². The van der Waals surface area contributed by atoms with Gasteiger partial charge in [0.2, 0.25) is 5.91 Å². The number of pyridine rings is 1. The lowest BCUT2D eigenvalue weighted by Gasteiger charge is -2.13. The van der Waals surface area contributed by atoms with Gasteiger partial charge >= 0.3 is 0 Å². The summed E-state index contributed by atoms with van der Waals surface area (Å²) in [5, 5.41) is 8.68. The number of nitrogens with one attached hydrogen (secondary N) is 1. The van der Waals surface area contributed by atoms with Crippen molar-refractivity contribution in [2.24, 2.45) is 5.92 Å². The Morgan fingerprint density at radius 2 is 2.32 bits per heavy atom. The minimum atomic E-state index is -0.312. The molecule has 0 saturated heterocycles. The lowest BCUT2D eigenvalue weighted by atomic mass is 10.1. The number of hydroxylamine groups is 1. The van der Waals surface area contributed by atoms with Gasteiger partial charge in [0, 0.05) is 18.2 Å². The predicted octanol–water partition coefficient (Wildman–Crippen LogP) is 0.860. The van der Waals surface area contributed by atoms with E-state index in [1.165, 1.54) is 0 Å². The molecule has 2 atom stereocenters. The van der Waals surface area contributed by atoms with Crippen LogP contribution in [0, 0.1) is 5.92 Å². The normalized spacial score (nSPS) is 22.8. The number of anilines is 1. The molecule has 7 heteroatoms. The molecule has 1 saturated carbocycles. The molecule has 0 unspecified atom stereocenters. The molecule has 7 nitrogen and oxygen atoms in total. The number of amides is 1. The summed E-state index contributed by atoms with van der Waals surface area (Å²) in [6, 6.07) is 2.08. The summed E-state index contributed by atoms with van der Waals surface area (Å²) < 4.78 is 2.04. The zero-order valence-corrected chi connectivity index (χ0v) is 10.3. The topological polar surface area (TPSA) is 106 Å². The molecule has 1 fully saturated rings. The molecule has 4 N–H and O–H groups in total. The maximum atomic E-state index is 11.4. The van der Waals surface area contributed by atoms with Gasteiger partial charge in [-0.3, -0.25) is 10.0 Å². The number of nitrogens with two attached hydrogens (primary N) is 1. The highest BCUT2D eigenvalue weighted by Crippen LogP contribution is 2.36. The Hall–Kier alpha value is -2.15. The molecular weight excluding hydrogens is 246 g/mol. The number of carbonyl (C=O) groups is 1. The van der Waals surface area contributed by atoms with E-state index >= 15 is 0 Å². The molecule has 1 amide bonds. The van der Waals surface area contributed by atoms with Crippen molar-refractivity contribution in [1.82, 2.24) is 20.0 Å². The molecule has 0 radical (unpaired) electrons. The summed E-state index contributed by atoms with van der Waals surface area (Å²) in [4.78, 5) is 19.7. The van der Waals surface area contributed by atoms with E-state index in [1.54, 1.807) is 18.0 Å². The Morgan fingerprint density at radius 1 is 1.47 bits per heavy atom. The quantitative estimate of drug-likeness (QED) is 0.549. The van der Waals surface area contributed by atoms with Gasteiger partial charge in [0.25, 0.3) is 0 Å². The third-order valence-electron chi connectivity index (χ3n) is 3.80. The van der Waals surface area contributed by atoms with Crippen LogP contribution in [0.1, 0.15) is 25.3 Å². The summed E-state index contributed by atoms with van der Waals surface area (Å²) in [6.45, 7) is 0. The highest BCUT2D eigenvalue weighted by Gasteiger charge is 2.31. The zero-order chi connectivity index (χ0) is 13.4. The van der Waals surface area contributed by atoms with Gasteiger partial charge in [0.1, 0.15) is 5.52 Å². The van der Waals surface area contributed by atoms with Crippen LogP contribution in [0.5, 0.6) is 0 Å². The van der Waals surface area contributed by atoms with E-state index in [4.69, 9.17) is 10.9 Å². The van der Waals surface area contributed by atoms with Gasteiger partial charge in [0.15, 0.2) is 5.82 Å². The Balaban J connectivity index is 1.90. The number of aromatic nitrogens is 3. The average molecular weight is 261 g/mol. The van der Waals surface area contributed by atoms with Gasteiger partial charge < -0.3 is 10.3 Å². The summed E-state index contributed by atoms with van der Waals surface area (Å²) in [6.07, 6.45) is 5.73. The van der Waals surface area contributed by atoms with E-state index in [-0.39, 0.29) is 17.9 Å². The van der Waals surface area contributed by atoms with Gasteiger partial charge in [0.05, 0.1) is 11.8 Å². The SMILES string of the molecule is Nc1nccc2c1ncn2[C@@H]1CC[C@@H](C(=O)NO)C1. The van der Waals surface area contributed by atoms with Gasteiger partial charge in [-0.2, -0.15) is 0 Å². The van der Waals surface area contributed by atoms with E-state index in [9.17, 15) is 4.79 Å². The molecule has 0 bridgehead atoms. The van der Waals surface area contributed by atoms with Crippen LogP contribution in [-0.2, 0) is 4.79 Å². The minimum Gasteiger partial charge on any atom is -0.382 e. The molecule has 100 valence electrons. The molecule has 2 aromatic rings. The molecule has 0 spiro atoms. The molecule has 1 aliphatic rings. The third kappa shape index (κ3) is 1.91. The fraction of sp³-hybridized carbons (Fsp3) is 0.417. The van der Waals surface area contributed by atoms with Crippen molar-refractivity contribution in [2.75, 3.05) is 5.73 Å². The Morgan fingerprint density at radius 3 is 3.11 bits per heavy atom. The molecule has 2 aromatic heterocycles. The Kier molecular flexibility index (Phi) is 2.83. The number of hydrogen-bond acceptors (Lipinski definition) is 5. The van der Waals surface area contributed by atoms with Crippen molar-refractivity contribution in [3.05, 3.63) is 18.6 Å². The molecular formula is C12H15N5O2. The molecule has 0 aliphatic heterocycles. The van der Waals surface area contributed by atoms with Crippen molar-refractivity contribution in [2.45, 2.75) is 25.3 Å². The number of nitrogen functional groups attached to an aromatic ring is 1. The van der Waals surface area contributed by atoms with Crippen LogP contribution >= 0.6 is 0 Å². The zero-order valence-electron chi connectivity index (χ0n) is 10.3. The van der Waals surface area contributed by atoms with E-state index in [1.807, 2.05) is 10.6 Å². The number of fused-ring (bicyclic) bond motifs is 1. The van der Waals surface area contributed by atoms with Crippen molar-refractivity contribution >= 4 is 22.8 Å². The van der Waals surface area contributed by atoms with Crippen molar-refractivity contribution in [3.63, 3.8) is 0 Å². The first-order valence-electron chi connectivity index (χ1n) is 6.21. The smallest absolute Gasteiger partial charge is 0.246 e. The molecule has 19 heavy (non-hydrogen) atoms. The lowest BCUT2D eigenvalue weighted by molar-refractivity contribution is -0.133. The van der Waals surface area contributed by atoms with Crippen molar-refractivity contribution < 1.29 is 10.0 Å². The highest BCUT2D eigenvalue weighted by atomic mass is 16.5. The predicted molar refractivity (Wildman–Crippen MR) is 68.2 cm³/mol. The maximum Gasteiger partial charge on any atom is 0.246 e. The van der Waals surface area contributed by atoms with Crippen molar-refractivity contribution in [3.8, 4) is 0 Å². The number of imidazole rings is 1. The summed E-state index contributed by atoms with van der Waals surface area (Å²) in [5.74, 6) is -0.0429. The van der Waals surface area contributed by atoms with Crippen LogP contribution in [0.2, 0.25) is 0 Å². The maximum absolute atomic E-state index is 11.4. The standard InChI is InChI=1S/C12H15N5O2/c13-11-10-9(3-4-14-11)17(6-15-10)8-2-1-7(5-8)12(18)16-19/h3-4,6-8,19H,1-2,5H2,(H2,13,14)(H,16,18)/t7-,8-/m1/s1. The minimum absolute atomic E-state index is 0.147. The highest BCUT2D eigenvalue weighted by molar-refractivity contribution is 5.84. The largest absolute Gasteiger partial charge is 0.382 e. The van der Waals surface area contributed by atoms with Gasteiger partial charge in [-0.15, -0.1) is 0 Å². The molecule has 3 rings (SSSR count). The fourth-order valence-electron chi connectivity index (χ4n) is 2.81.